The summed E-state index contributed by atoms with van der Waals surface area (Å²) in [7, 11) is 5.94. The molecule has 0 amide bonds. The molecule has 414 valence electrons. The molecule has 1 N–H and O–H groups in total. The maximum atomic E-state index is 12.9. The zero-order valence-corrected chi connectivity index (χ0v) is 47.0. The topological polar surface area (TPSA) is 108 Å². The Hall–Kier alpha value is -4.31. The summed E-state index contributed by atoms with van der Waals surface area (Å²) in [4.78, 5) is 37.4. The summed E-state index contributed by atoms with van der Waals surface area (Å²) >= 11 is 0. The molecule has 0 aliphatic rings. The van der Waals surface area contributed by atoms with Crippen LogP contribution in [0.1, 0.15) is 206 Å². The smallest absolute Gasteiger partial charge is 0.361 e. The second-order valence-electron chi connectivity index (χ2n) is 19.9. The Morgan fingerprint density at radius 1 is 0.425 bits per heavy atom. The number of ether oxygens (including phenoxy) is 4. The fourth-order valence-electron chi connectivity index (χ4n) is 7.29. The highest BCUT2D eigenvalue weighted by molar-refractivity contribution is 5.71. The van der Waals surface area contributed by atoms with Gasteiger partial charge in [0.2, 0.25) is 0 Å². The van der Waals surface area contributed by atoms with Gasteiger partial charge in [-0.1, -0.05) is 206 Å². The molecule has 0 heterocycles. The van der Waals surface area contributed by atoms with Crippen molar-refractivity contribution in [2.24, 2.45) is 0 Å². The highest BCUT2D eigenvalue weighted by atomic mass is 16.7. The number of esters is 2. The van der Waals surface area contributed by atoms with Crippen molar-refractivity contribution in [1.82, 2.24) is 0 Å². The van der Waals surface area contributed by atoms with Crippen molar-refractivity contribution in [3.63, 3.8) is 0 Å². The van der Waals surface area contributed by atoms with Gasteiger partial charge >= 0.3 is 17.9 Å². The Morgan fingerprint density at radius 2 is 0.781 bits per heavy atom. The summed E-state index contributed by atoms with van der Waals surface area (Å²) in [6, 6.07) is 0. The van der Waals surface area contributed by atoms with Crippen molar-refractivity contribution in [2.45, 2.75) is 219 Å². The maximum Gasteiger partial charge on any atom is 0.361 e. The predicted octanol–water partition coefficient (Wildman–Crippen LogP) is 16.9. The van der Waals surface area contributed by atoms with E-state index in [9.17, 15) is 19.5 Å². The summed E-state index contributed by atoms with van der Waals surface area (Å²) < 4.78 is 22.8. The van der Waals surface area contributed by atoms with E-state index in [1.54, 1.807) is 0 Å². The standard InChI is InChI=1S/C64H105NO8/c1-6-8-10-12-14-16-18-20-22-24-26-28-29-30-31-32-33-35-37-39-41-43-45-47-49-51-53-55-62(67)73-60(59-72-64(63(68)69)70-57-56-65(3,4)5)58-71-61(66)54-52-50-48-46-44-42-40-38-36-34-27-25-23-21-19-17-15-13-11-9-7-2/h8,10,14,16,19-22,25-28,30-31,33,35,39,41,45,47,60,64H,6-7,9,11-13,15,17-18,23-24,29,32,34,36-38,40,42-44,46,48-59H2,1-5H3/p+1/b10-8-,16-14-,21-19-,22-20-,27-25-,28-26-,31-30-,35-33-,41-39-,47-45-. The first-order valence-electron chi connectivity index (χ1n) is 28.7. The lowest BCUT2D eigenvalue weighted by Crippen LogP contribution is -2.40. The van der Waals surface area contributed by atoms with Gasteiger partial charge in [0, 0.05) is 12.8 Å². The predicted molar refractivity (Wildman–Crippen MR) is 308 cm³/mol. The van der Waals surface area contributed by atoms with Crippen LogP contribution >= 0.6 is 0 Å². The van der Waals surface area contributed by atoms with E-state index in [2.05, 4.69) is 135 Å². The molecule has 0 aliphatic heterocycles. The van der Waals surface area contributed by atoms with Crippen molar-refractivity contribution >= 4 is 17.9 Å². The average Bonchev–Trinajstić information content (AvgIpc) is 3.36. The van der Waals surface area contributed by atoms with Crippen LogP contribution in [0.3, 0.4) is 0 Å². The van der Waals surface area contributed by atoms with Gasteiger partial charge in [0.15, 0.2) is 6.10 Å². The Balaban J connectivity index is 4.41. The SMILES string of the molecule is CC/C=C\C/C=C\C/C=C\C/C=C\C/C=C\C/C=C\C/C=C\C/C=C\CCCCC(=O)OC(COC(=O)CCCCCCCCCCC/C=C\C/C=C\CCCCCCC)COC(OCC[N+](C)(C)C)C(=O)O. The van der Waals surface area contributed by atoms with Gasteiger partial charge in [0.05, 0.1) is 34.4 Å². The number of aliphatic carboxylic acids is 1. The van der Waals surface area contributed by atoms with Gasteiger partial charge in [-0.05, 0) is 109 Å². The van der Waals surface area contributed by atoms with E-state index in [1.165, 1.54) is 70.6 Å². The van der Waals surface area contributed by atoms with Gasteiger partial charge in [-0.25, -0.2) is 4.79 Å². The molecule has 0 rings (SSSR count). The Bertz CT molecular complexity index is 1610. The minimum atomic E-state index is -1.53. The molecule has 0 aromatic heterocycles. The molecule has 0 aliphatic carbocycles. The van der Waals surface area contributed by atoms with Gasteiger partial charge < -0.3 is 28.5 Å². The lowest BCUT2D eigenvalue weighted by Gasteiger charge is -2.25. The maximum absolute atomic E-state index is 12.9. The minimum Gasteiger partial charge on any atom is -0.477 e. The van der Waals surface area contributed by atoms with Crippen molar-refractivity contribution in [3.05, 3.63) is 122 Å². The fourth-order valence-corrected chi connectivity index (χ4v) is 7.29. The normalized spacial score (nSPS) is 13.7. The van der Waals surface area contributed by atoms with Crippen LogP contribution in [0.2, 0.25) is 0 Å². The second kappa shape index (κ2) is 54.0. The van der Waals surface area contributed by atoms with Gasteiger partial charge in [-0.15, -0.1) is 0 Å². The number of quaternary nitrogens is 1. The minimum absolute atomic E-state index is 0.171. The van der Waals surface area contributed by atoms with Crippen molar-refractivity contribution in [2.75, 3.05) is 47.5 Å². The summed E-state index contributed by atoms with van der Waals surface area (Å²) in [6.07, 6.45) is 72.7. The first-order chi connectivity index (χ1) is 35.6. The van der Waals surface area contributed by atoms with E-state index in [1.807, 2.05) is 21.1 Å². The van der Waals surface area contributed by atoms with Crippen LogP contribution in [-0.4, -0.2) is 87.4 Å². The molecule has 0 fully saturated rings. The van der Waals surface area contributed by atoms with Crippen molar-refractivity contribution < 1.29 is 42.9 Å². The summed E-state index contributed by atoms with van der Waals surface area (Å²) in [5, 5.41) is 9.70. The second-order valence-corrected chi connectivity index (χ2v) is 19.9. The van der Waals surface area contributed by atoms with Crippen LogP contribution in [0.25, 0.3) is 0 Å². The molecular weight excluding hydrogens is 911 g/mol. The molecule has 73 heavy (non-hydrogen) atoms. The van der Waals surface area contributed by atoms with Crippen LogP contribution in [0, 0.1) is 0 Å². The number of carbonyl (C=O) groups is 3. The van der Waals surface area contributed by atoms with Crippen LogP contribution in [0.4, 0.5) is 0 Å². The van der Waals surface area contributed by atoms with Crippen LogP contribution in [0.5, 0.6) is 0 Å². The summed E-state index contributed by atoms with van der Waals surface area (Å²) in [5.74, 6) is -2.09. The number of carbonyl (C=O) groups excluding carboxylic acids is 2. The summed E-state index contributed by atoms with van der Waals surface area (Å²) in [5.41, 5.74) is 0. The highest BCUT2D eigenvalue weighted by Gasteiger charge is 2.25. The average molecular weight is 1020 g/mol. The third-order valence-corrected chi connectivity index (χ3v) is 11.7. The Kier molecular flexibility index (Phi) is 50.8. The van der Waals surface area contributed by atoms with E-state index in [-0.39, 0.29) is 38.6 Å². The molecule has 0 radical (unpaired) electrons. The third-order valence-electron chi connectivity index (χ3n) is 11.7. The van der Waals surface area contributed by atoms with Crippen LogP contribution < -0.4 is 0 Å². The number of rotatable bonds is 51. The van der Waals surface area contributed by atoms with Gasteiger partial charge in [0.25, 0.3) is 6.29 Å². The largest absolute Gasteiger partial charge is 0.477 e. The number of carboxylic acids is 1. The van der Waals surface area contributed by atoms with Crippen molar-refractivity contribution in [1.29, 1.82) is 0 Å². The van der Waals surface area contributed by atoms with E-state index in [0.29, 0.717) is 17.4 Å². The van der Waals surface area contributed by atoms with Gasteiger partial charge in [-0.2, -0.15) is 0 Å². The fraction of sp³-hybridized carbons (Fsp3) is 0.641. The number of unbranched alkanes of at least 4 members (excludes halogenated alkanes) is 16. The zero-order valence-electron chi connectivity index (χ0n) is 47.0. The molecule has 9 heteroatoms. The van der Waals surface area contributed by atoms with Gasteiger partial charge in [-0.3, -0.25) is 9.59 Å². The molecule has 0 saturated heterocycles. The quantitative estimate of drug-likeness (QED) is 0.0211. The Morgan fingerprint density at radius 3 is 1.19 bits per heavy atom. The number of likely N-dealkylation sites (N-methyl/N-ethyl adjacent to an activating group) is 1. The monoisotopic (exact) mass is 1020 g/mol. The number of nitrogens with zero attached hydrogens (tertiary/aromatic N) is 1. The zero-order chi connectivity index (χ0) is 53.4. The number of hydrogen-bond acceptors (Lipinski definition) is 7. The molecule has 0 bridgehead atoms. The van der Waals surface area contributed by atoms with Crippen molar-refractivity contribution in [3.8, 4) is 0 Å². The summed E-state index contributed by atoms with van der Waals surface area (Å²) in [6.45, 7) is 4.68. The Labute approximate surface area is 447 Å². The number of hydrogen-bond donors (Lipinski definition) is 1. The van der Waals surface area contributed by atoms with E-state index < -0.39 is 24.3 Å². The number of carboxylic acid groups (broad SMARTS) is 1. The first-order valence-corrected chi connectivity index (χ1v) is 28.7. The molecule has 0 spiro atoms. The molecule has 0 aromatic carbocycles. The molecular formula is C64H106NO8+. The number of allylic oxidation sites excluding steroid dienone is 20. The molecule has 9 nitrogen and oxygen atoms in total. The van der Waals surface area contributed by atoms with E-state index >= 15 is 0 Å². The first kappa shape index (κ1) is 68.7. The highest BCUT2D eigenvalue weighted by Crippen LogP contribution is 2.14. The molecule has 0 saturated carbocycles. The van der Waals surface area contributed by atoms with Gasteiger partial charge in [0.1, 0.15) is 13.2 Å². The molecule has 2 unspecified atom stereocenters. The molecule has 2 atom stereocenters. The lowest BCUT2D eigenvalue weighted by atomic mass is 10.1. The molecule has 0 aromatic rings. The van der Waals surface area contributed by atoms with Crippen LogP contribution in [-0.2, 0) is 33.3 Å². The van der Waals surface area contributed by atoms with E-state index in [0.717, 1.165) is 103 Å². The third kappa shape index (κ3) is 55.3. The van der Waals surface area contributed by atoms with Crippen LogP contribution in [0.15, 0.2) is 122 Å². The van der Waals surface area contributed by atoms with E-state index in [4.69, 9.17) is 18.9 Å². The lowest BCUT2D eigenvalue weighted by molar-refractivity contribution is -0.870.